The number of aromatic nitrogens is 5. The van der Waals surface area contributed by atoms with E-state index in [-0.39, 0.29) is 5.56 Å². The van der Waals surface area contributed by atoms with Crippen LogP contribution in [0.4, 0.5) is 0 Å². The second-order valence-corrected chi connectivity index (χ2v) is 7.54. The molecular weight excluding hydrogens is 314 g/mol. The lowest BCUT2D eigenvalue weighted by Gasteiger charge is -2.17. The first kappa shape index (κ1) is 15.0. The van der Waals surface area contributed by atoms with Crippen LogP contribution in [-0.4, -0.2) is 24.1 Å². The first-order chi connectivity index (χ1) is 12.3. The number of fused-ring (bicyclic) bond motifs is 3. The Kier molecular flexibility index (Phi) is 3.57. The summed E-state index contributed by atoms with van der Waals surface area (Å²) in [4.78, 5) is 22.0. The van der Waals surface area contributed by atoms with Gasteiger partial charge < -0.3 is 4.57 Å². The Morgan fingerprint density at radius 3 is 2.56 bits per heavy atom. The summed E-state index contributed by atoms with van der Waals surface area (Å²) in [5, 5.41) is 5.37. The fraction of sp³-hybridized carbons (Fsp3) is 0.579. The Morgan fingerprint density at radius 2 is 1.76 bits per heavy atom. The van der Waals surface area contributed by atoms with Crippen LogP contribution >= 0.6 is 0 Å². The summed E-state index contributed by atoms with van der Waals surface area (Å²) < 4.78 is 3.65. The van der Waals surface area contributed by atoms with Gasteiger partial charge in [0.1, 0.15) is 0 Å². The van der Waals surface area contributed by atoms with Crippen LogP contribution in [0.5, 0.6) is 0 Å². The zero-order valence-corrected chi connectivity index (χ0v) is 14.4. The van der Waals surface area contributed by atoms with Gasteiger partial charge in [0.25, 0.3) is 11.3 Å². The Balaban J connectivity index is 1.63. The highest BCUT2D eigenvalue weighted by atomic mass is 16.1. The van der Waals surface area contributed by atoms with E-state index in [0.29, 0.717) is 23.1 Å². The predicted octanol–water partition coefficient (Wildman–Crippen LogP) is 3.60. The SMILES string of the molecule is O=c1c2cnc3nc(C4CCCCC4)nn3c2ccn1C1CCCC1. The monoisotopic (exact) mass is 337 g/mol. The average molecular weight is 337 g/mol. The summed E-state index contributed by atoms with van der Waals surface area (Å²) in [6.07, 6.45) is 14.3. The summed E-state index contributed by atoms with van der Waals surface area (Å²) in [5.41, 5.74) is 0.868. The molecule has 0 aromatic carbocycles. The molecule has 0 aliphatic heterocycles. The maximum atomic E-state index is 12.9. The van der Waals surface area contributed by atoms with Gasteiger partial charge in [0.15, 0.2) is 5.82 Å². The summed E-state index contributed by atoms with van der Waals surface area (Å²) in [7, 11) is 0. The van der Waals surface area contributed by atoms with Crippen LogP contribution in [0.3, 0.4) is 0 Å². The fourth-order valence-electron chi connectivity index (χ4n) is 4.55. The molecule has 5 rings (SSSR count). The number of nitrogens with zero attached hydrogens (tertiary/aromatic N) is 5. The molecule has 0 spiro atoms. The Labute approximate surface area is 145 Å². The molecule has 2 saturated carbocycles. The van der Waals surface area contributed by atoms with Crippen molar-refractivity contribution in [1.29, 1.82) is 0 Å². The number of rotatable bonds is 2. The van der Waals surface area contributed by atoms with Gasteiger partial charge >= 0.3 is 0 Å². The standard InChI is InChI=1S/C19H23N5O/c25-18-15-12-20-19-21-17(13-6-2-1-3-7-13)22-24(19)16(15)10-11-23(18)14-8-4-5-9-14/h10-14H,1-9H2. The Bertz CT molecular complexity index is 977. The van der Waals surface area contributed by atoms with E-state index < -0.39 is 0 Å². The molecule has 6 nitrogen and oxygen atoms in total. The van der Waals surface area contributed by atoms with Gasteiger partial charge in [0.2, 0.25) is 0 Å². The van der Waals surface area contributed by atoms with E-state index in [9.17, 15) is 4.79 Å². The van der Waals surface area contributed by atoms with Crippen LogP contribution in [0.25, 0.3) is 16.7 Å². The van der Waals surface area contributed by atoms with Gasteiger partial charge in [-0.25, -0.2) is 4.98 Å². The van der Waals surface area contributed by atoms with Crippen LogP contribution in [0, 0.1) is 0 Å². The fourth-order valence-corrected chi connectivity index (χ4v) is 4.55. The molecular formula is C19H23N5O. The molecule has 6 heteroatoms. The first-order valence-electron chi connectivity index (χ1n) is 9.58. The van der Waals surface area contributed by atoms with Crippen molar-refractivity contribution in [3.05, 3.63) is 34.6 Å². The topological polar surface area (TPSA) is 65.1 Å². The molecule has 0 radical (unpaired) electrons. The normalized spacial score (nSPS) is 20.0. The van der Waals surface area contributed by atoms with Crippen molar-refractivity contribution in [2.24, 2.45) is 0 Å². The number of hydrogen-bond donors (Lipinski definition) is 0. The van der Waals surface area contributed by atoms with Gasteiger partial charge in [-0.15, -0.1) is 5.10 Å². The lowest BCUT2D eigenvalue weighted by molar-refractivity contribution is 0.429. The van der Waals surface area contributed by atoms with Crippen molar-refractivity contribution in [2.75, 3.05) is 0 Å². The molecule has 2 aliphatic rings. The lowest BCUT2D eigenvalue weighted by Crippen LogP contribution is -2.23. The van der Waals surface area contributed by atoms with E-state index >= 15 is 0 Å². The van der Waals surface area contributed by atoms with E-state index in [1.807, 2.05) is 16.8 Å². The second kappa shape index (κ2) is 5.93. The molecule has 0 N–H and O–H groups in total. The smallest absolute Gasteiger partial charge is 0.261 e. The zero-order chi connectivity index (χ0) is 16.8. The molecule has 0 atom stereocenters. The third-order valence-corrected chi connectivity index (χ3v) is 5.97. The van der Waals surface area contributed by atoms with Gasteiger partial charge in [-0.05, 0) is 31.7 Å². The van der Waals surface area contributed by atoms with E-state index in [2.05, 4.69) is 9.97 Å². The maximum absolute atomic E-state index is 12.9. The molecule has 3 aromatic rings. The molecule has 25 heavy (non-hydrogen) atoms. The van der Waals surface area contributed by atoms with Gasteiger partial charge in [0, 0.05) is 24.4 Å². The van der Waals surface area contributed by atoms with Gasteiger partial charge in [-0.3, -0.25) is 4.79 Å². The Morgan fingerprint density at radius 1 is 1.00 bits per heavy atom. The molecule has 3 aromatic heterocycles. The number of hydrogen-bond acceptors (Lipinski definition) is 4. The quantitative estimate of drug-likeness (QED) is 0.716. The minimum Gasteiger partial charge on any atom is -0.312 e. The number of pyridine rings is 1. The second-order valence-electron chi connectivity index (χ2n) is 7.54. The van der Waals surface area contributed by atoms with Crippen molar-refractivity contribution in [3.8, 4) is 0 Å². The predicted molar refractivity (Wildman–Crippen MR) is 95.9 cm³/mol. The van der Waals surface area contributed by atoms with E-state index in [4.69, 9.17) is 5.10 Å². The first-order valence-corrected chi connectivity index (χ1v) is 9.58. The van der Waals surface area contributed by atoms with E-state index in [1.54, 1.807) is 10.7 Å². The van der Waals surface area contributed by atoms with E-state index in [0.717, 1.165) is 37.0 Å². The molecule has 0 saturated heterocycles. The van der Waals surface area contributed by atoms with Crippen LogP contribution in [-0.2, 0) is 0 Å². The summed E-state index contributed by atoms with van der Waals surface area (Å²) in [6, 6.07) is 2.34. The molecule has 2 fully saturated rings. The van der Waals surface area contributed by atoms with Crippen LogP contribution in [0.2, 0.25) is 0 Å². The van der Waals surface area contributed by atoms with Crippen molar-refractivity contribution in [2.45, 2.75) is 69.7 Å². The van der Waals surface area contributed by atoms with Gasteiger partial charge in [-0.1, -0.05) is 32.1 Å². The molecule has 0 unspecified atom stereocenters. The highest BCUT2D eigenvalue weighted by molar-refractivity contribution is 5.78. The molecule has 0 bridgehead atoms. The largest absolute Gasteiger partial charge is 0.312 e. The van der Waals surface area contributed by atoms with Crippen molar-refractivity contribution in [3.63, 3.8) is 0 Å². The van der Waals surface area contributed by atoms with Crippen LogP contribution < -0.4 is 5.56 Å². The van der Waals surface area contributed by atoms with Crippen LogP contribution in [0.15, 0.2) is 23.3 Å². The third kappa shape index (κ3) is 2.46. The zero-order valence-electron chi connectivity index (χ0n) is 14.4. The average Bonchev–Trinajstić information content (AvgIpc) is 3.32. The molecule has 3 heterocycles. The highest BCUT2D eigenvalue weighted by Crippen LogP contribution is 2.31. The summed E-state index contributed by atoms with van der Waals surface area (Å²) in [5.74, 6) is 1.93. The molecule has 2 aliphatic carbocycles. The minimum absolute atomic E-state index is 0.0496. The Hall–Kier alpha value is -2.24. The summed E-state index contributed by atoms with van der Waals surface area (Å²) in [6.45, 7) is 0. The van der Waals surface area contributed by atoms with Crippen molar-refractivity contribution in [1.82, 2.24) is 24.1 Å². The van der Waals surface area contributed by atoms with E-state index in [1.165, 1.54) is 32.1 Å². The minimum atomic E-state index is 0.0496. The maximum Gasteiger partial charge on any atom is 0.261 e. The summed E-state index contributed by atoms with van der Waals surface area (Å²) >= 11 is 0. The van der Waals surface area contributed by atoms with Crippen LogP contribution in [0.1, 0.15) is 75.6 Å². The van der Waals surface area contributed by atoms with Crippen molar-refractivity contribution < 1.29 is 0 Å². The lowest BCUT2D eigenvalue weighted by atomic mass is 9.89. The molecule has 0 amide bonds. The third-order valence-electron chi connectivity index (χ3n) is 5.97. The van der Waals surface area contributed by atoms with Gasteiger partial charge in [0.05, 0.1) is 10.9 Å². The highest BCUT2D eigenvalue weighted by Gasteiger charge is 2.22. The molecule has 130 valence electrons. The van der Waals surface area contributed by atoms with Crippen molar-refractivity contribution >= 4 is 16.7 Å². The van der Waals surface area contributed by atoms with Gasteiger partial charge in [-0.2, -0.15) is 9.50 Å².